The van der Waals surface area contributed by atoms with Gasteiger partial charge in [0.2, 0.25) is 5.82 Å². The van der Waals surface area contributed by atoms with Crippen molar-refractivity contribution in [2.45, 2.75) is 19.6 Å². The van der Waals surface area contributed by atoms with Crippen molar-refractivity contribution in [2.24, 2.45) is 0 Å². The number of para-hydroxylation sites is 1. The second-order valence-electron chi connectivity index (χ2n) is 6.02. The molecule has 0 radical (unpaired) electrons. The van der Waals surface area contributed by atoms with E-state index in [1.807, 2.05) is 6.07 Å². The van der Waals surface area contributed by atoms with E-state index in [2.05, 4.69) is 15.5 Å². The quantitative estimate of drug-likeness (QED) is 0.564. The molecule has 9 heteroatoms. The number of benzene rings is 2. The minimum absolute atomic E-state index is 0.124. The van der Waals surface area contributed by atoms with Crippen LogP contribution in [0.3, 0.4) is 0 Å². The summed E-state index contributed by atoms with van der Waals surface area (Å²) in [5.74, 6) is -0.0677. The molecule has 3 aromatic rings. The van der Waals surface area contributed by atoms with Gasteiger partial charge in [0, 0.05) is 10.6 Å². The highest BCUT2D eigenvalue weighted by Gasteiger charge is 2.19. The summed E-state index contributed by atoms with van der Waals surface area (Å²) < 4.78 is 15.5. The van der Waals surface area contributed by atoms with Gasteiger partial charge in [-0.15, -0.1) is 0 Å². The Morgan fingerprint density at radius 2 is 1.97 bits per heavy atom. The number of esters is 1. The average molecular weight is 416 g/mol. The number of hydrogen-bond donors (Lipinski definition) is 1. The Morgan fingerprint density at radius 1 is 1.17 bits per heavy atom. The van der Waals surface area contributed by atoms with E-state index in [0.29, 0.717) is 22.2 Å². The summed E-state index contributed by atoms with van der Waals surface area (Å²) in [4.78, 5) is 28.1. The fourth-order valence-corrected chi connectivity index (χ4v) is 2.51. The standard InChI is InChI=1S/C20H18ClN3O5/c1-13(22-17(25)11-27-16-8-3-2-4-9-16)20(26)28-12-18-23-19(24-29-18)14-6-5-7-15(21)10-14/h2-10,13H,11-12H2,1H3,(H,22,25)/t13-/m0/s1. The van der Waals surface area contributed by atoms with Crippen molar-refractivity contribution in [1.29, 1.82) is 0 Å². The molecule has 0 aliphatic rings. The number of carbonyl (C=O) groups excluding carboxylic acids is 2. The van der Waals surface area contributed by atoms with Crippen LogP contribution in [-0.4, -0.2) is 34.7 Å². The summed E-state index contributed by atoms with van der Waals surface area (Å²) in [6, 6.07) is 15.0. The average Bonchev–Trinajstić information content (AvgIpc) is 3.20. The van der Waals surface area contributed by atoms with Crippen molar-refractivity contribution in [3.05, 3.63) is 65.5 Å². The Balaban J connectivity index is 1.44. The number of nitrogens with zero attached hydrogens (tertiary/aromatic N) is 2. The molecule has 0 aliphatic heterocycles. The minimum Gasteiger partial charge on any atom is -0.484 e. The van der Waals surface area contributed by atoms with Gasteiger partial charge in [-0.2, -0.15) is 4.98 Å². The molecule has 29 heavy (non-hydrogen) atoms. The monoisotopic (exact) mass is 415 g/mol. The maximum atomic E-state index is 12.1. The number of nitrogens with one attached hydrogen (secondary N) is 1. The van der Waals surface area contributed by atoms with Crippen LogP contribution in [0.2, 0.25) is 5.02 Å². The van der Waals surface area contributed by atoms with Crippen LogP contribution in [0.4, 0.5) is 0 Å². The molecule has 1 N–H and O–H groups in total. The number of carbonyl (C=O) groups is 2. The summed E-state index contributed by atoms with van der Waals surface area (Å²) in [6.07, 6.45) is 0. The third-order valence-corrected chi connectivity index (χ3v) is 3.97. The van der Waals surface area contributed by atoms with Gasteiger partial charge in [-0.3, -0.25) is 4.79 Å². The molecule has 150 valence electrons. The highest BCUT2D eigenvalue weighted by atomic mass is 35.5. The van der Waals surface area contributed by atoms with Crippen LogP contribution in [-0.2, 0) is 20.9 Å². The molecule has 1 heterocycles. The van der Waals surface area contributed by atoms with E-state index in [0.717, 1.165) is 0 Å². The van der Waals surface area contributed by atoms with E-state index < -0.39 is 17.9 Å². The molecule has 0 spiro atoms. The lowest BCUT2D eigenvalue weighted by molar-refractivity contribution is -0.149. The zero-order valence-electron chi connectivity index (χ0n) is 15.5. The third-order valence-electron chi connectivity index (χ3n) is 3.73. The number of rotatable bonds is 8. The van der Waals surface area contributed by atoms with Crippen LogP contribution in [0.1, 0.15) is 12.8 Å². The maximum absolute atomic E-state index is 12.1. The number of amides is 1. The normalized spacial score (nSPS) is 11.5. The van der Waals surface area contributed by atoms with Gasteiger partial charge in [0.15, 0.2) is 13.2 Å². The number of aromatic nitrogens is 2. The second kappa shape index (κ2) is 9.70. The molecule has 8 nitrogen and oxygen atoms in total. The third kappa shape index (κ3) is 6.05. The van der Waals surface area contributed by atoms with Gasteiger partial charge in [0.05, 0.1) is 0 Å². The summed E-state index contributed by atoms with van der Waals surface area (Å²) in [5, 5.41) is 6.88. The first-order valence-corrected chi connectivity index (χ1v) is 9.11. The van der Waals surface area contributed by atoms with Crippen molar-refractivity contribution in [2.75, 3.05) is 6.61 Å². The molecule has 0 fully saturated rings. The van der Waals surface area contributed by atoms with Crippen molar-refractivity contribution in [3.63, 3.8) is 0 Å². The predicted octanol–water partition coefficient (Wildman–Crippen LogP) is 3.02. The van der Waals surface area contributed by atoms with Crippen molar-refractivity contribution >= 4 is 23.5 Å². The van der Waals surface area contributed by atoms with Gasteiger partial charge in [0.1, 0.15) is 11.8 Å². The second-order valence-corrected chi connectivity index (χ2v) is 6.46. The van der Waals surface area contributed by atoms with E-state index in [1.54, 1.807) is 48.5 Å². The Morgan fingerprint density at radius 3 is 2.72 bits per heavy atom. The molecule has 2 aromatic carbocycles. The van der Waals surface area contributed by atoms with Crippen LogP contribution in [0.15, 0.2) is 59.1 Å². The van der Waals surface area contributed by atoms with Gasteiger partial charge in [-0.25, -0.2) is 4.79 Å². The van der Waals surface area contributed by atoms with Gasteiger partial charge in [0.25, 0.3) is 11.8 Å². The van der Waals surface area contributed by atoms with Crippen molar-refractivity contribution in [1.82, 2.24) is 15.5 Å². The molecule has 0 aliphatic carbocycles. The lowest BCUT2D eigenvalue weighted by Gasteiger charge is -2.13. The van der Waals surface area contributed by atoms with Crippen LogP contribution in [0.5, 0.6) is 5.75 Å². The Kier molecular flexibility index (Phi) is 6.80. The molecule has 0 saturated heterocycles. The zero-order valence-corrected chi connectivity index (χ0v) is 16.3. The molecule has 3 rings (SSSR count). The van der Waals surface area contributed by atoms with E-state index in [1.165, 1.54) is 6.92 Å². The van der Waals surface area contributed by atoms with Crippen LogP contribution in [0, 0.1) is 0 Å². The molecular weight excluding hydrogens is 398 g/mol. The summed E-state index contributed by atoms with van der Waals surface area (Å²) in [7, 11) is 0. The van der Waals surface area contributed by atoms with E-state index in [9.17, 15) is 9.59 Å². The summed E-state index contributed by atoms with van der Waals surface area (Å²) in [6.45, 7) is 1.08. The van der Waals surface area contributed by atoms with Gasteiger partial charge >= 0.3 is 5.97 Å². The van der Waals surface area contributed by atoms with E-state index in [-0.39, 0.29) is 19.1 Å². The first kappa shape index (κ1) is 20.3. The first-order valence-electron chi connectivity index (χ1n) is 8.73. The molecule has 1 amide bonds. The maximum Gasteiger partial charge on any atom is 0.328 e. The number of halogens is 1. The Bertz CT molecular complexity index is 977. The topological polar surface area (TPSA) is 104 Å². The minimum atomic E-state index is -0.864. The largest absolute Gasteiger partial charge is 0.484 e. The van der Waals surface area contributed by atoms with Crippen LogP contribution in [0.25, 0.3) is 11.4 Å². The number of ether oxygens (including phenoxy) is 2. The zero-order chi connectivity index (χ0) is 20.6. The van der Waals surface area contributed by atoms with Gasteiger partial charge in [-0.1, -0.05) is 47.1 Å². The van der Waals surface area contributed by atoms with Crippen molar-refractivity contribution in [3.8, 4) is 17.1 Å². The Hall–Kier alpha value is -3.39. The lowest BCUT2D eigenvalue weighted by atomic mass is 10.2. The molecule has 1 aromatic heterocycles. The smallest absolute Gasteiger partial charge is 0.328 e. The van der Waals surface area contributed by atoms with E-state index >= 15 is 0 Å². The molecule has 0 unspecified atom stereocenters. The highest BCUT2D eigenvalue weighted by Crippen LogP contribution is 2.20. The fraction of sp³-hybridized carbons (Fsp3) is 0.200. The summed E-state index contributed by atoms with van der Waals surface area (Å²) in [5.41, 5.74) is 0.679. The fourth-order valence-electron chi connectivity index (χ4n) is 2.32. The lowest BCUT2D eigenvalue weighted by Crippen LogP contribution is -2.41. The number of hydrogen-bond acceptors (Lipinski definition) is 7. The van der Waals surface area contributed by atoms with Crippen LogP contribution < -0.4 is 10.1 Å². The SMILES string of the molecule is C[C@H](NC(=O)COc1ccccc1)C(=O)OCc1nc(-c2cccc(Cl)c2)no1. The summed E-state index contributed by atoms with van der Waals surface area (Å²) >= 11 is 5.94. The van der Waals surface area contributed by atoms with Crippen LogP contribution >= 0.6 is 11.6 Å². The molecule has 1 atom stereocenters. The predicted molar refractivity (Wildman–Crippen MR) is 104 cm³/mol. The van der Waals surface area contributed by atoms with Gasteiger partial charge < -0.3 is 19.3 Å². The first-order chi connectivity index (χ1) is 14.0. The Labute approximate surface area is 171 Å². The molecule has 0 saturated carbocycles. The van der Waals surface area contributed by atoms with E-state index in [4.69, 9.17) is 25.6 Å². The molecular formula is C20H18ClN3O5. The van der Waals surface area contributed by atoms with Crippen molar-refractivity contribution < 1.29 is 23.6 Å². The molecule has 0 bridgehead atoms. The van der Waals surface area contributed by atoms with Gasteiger partial charge in [-0.05, 0) is 31.2 Å². The highest BCUT2D eigenvalue weighted by molar-refractivity contribution is 6.30.